The summed E-state index contributed by atoms with van der Waals surface area (Å²) in [6.07, 6.45) is 0.215. The summed E-state index contributed by atoms with van der Waals surface area (Å²) >= 11 is 12.3. The highest BCUT2D eigenvalue weighted by molar-refractivity contribution is 7.89. The highest BCUT2D eigenvalue weighted by atomic mass is 35.5. The van der Waals surface area contributed by atoms with Crippen LogP contribution in [-0.4, -0.2) is 54.7 Å². The van der Waals surface area contributed by atoms with Crippen LogP contribution in [0.5, 0.6) is 5.75 Å². The lowest BCUT2D eigenvalue weighted by atomic mass is 9.95. The minimum atomic E-state index is -4.12. The van der Waals surface area contributed by atoms with Crippen molar-refractivity contribution in [2.45, 2.75) is 23.4 Å². The molecule has 0 bridgehead atoms. The Bertz CT molecular complexity index is 1060. The summed E-state index contributed by atoms with van der Waals surface area (Å²) in [5.41, 5.74) is -1.86. The van der Waals surface area contributed by atoms with E-state index in [1.54, 1.807) is 18.2 Å². The number of rotatable bonds is 5. The Morgan fingerprint density at radius 1 is 1.24 bits per heavy atom. The first-order valence-electron chi connectivity index (χ1n) is 8.50. The molecule has 11 heteroatoms. The number of ether oxygens (including phenoxy) is 1. The zero-order valence-corrected chi connectivity index (χ0v) is 17.6. The minimum absolute atomic E-state index is 0.0603. The van der Waals surface area contributed by atoms with E-state index in [4.69, 9.17) is 33.0 Å². The van der Waals surface area contributed by atoms with Crippen molar-refractivity contribution < 1.29 is 27.4 Å². The fourth-order valence-electron chi connectivity index (χ4n) is 3.11. The number of piperidine rings is 1. The van der Waals surface area contributed by atoms with Crippen molar-refractivity contribution in [2.75, 3.05) is 20.2 Å². The van der Waals surface area contributed by atoms with E-state index in [9.17, 15) is 17.6 Å². The standard InChI is InChI=1S/C18H17Cl2FN2O5S/c1-28-11-2-3-14(19)12(8-11)13-9-16(20)22-10-15(13)29(26,27)23-6-4-18(21,5-7-23)17(24)25/h2-3,8-10H,4-7H2,1H3,(H,24,25). The van der Waals surface area contributed by atoms with Crippen LogP contribution in [0.3, 0.4) is 0 Å². The average molecular weight is 463 g/mol. The molecule has 0 radical (unpaired) electrons. The maximum atomic E-state index is 14.3. The molecule has 1 aliphatic heterocycles. The van der Waals surface area contributed by atoms with Gasteiger partial charge in [-0.3, -0.25) is 0 Å². The number of carboxylic acids is 1. The Hall–Kier alpha value is -1.94. The van der Waals surface area contributed by atoms with E-state index in [1.807, 2.05) is 0 Å². The van der Waals surface area contributed by atoms with Gasteiger partial charge in [0.05, 0.1) is 7.11 Å². The molecule has 0 unspecified atom stereocenters. The van der Waals surface area contributed by atoms with Crippen molar-refractivity contribution in [1.82, 2.24) is 9.29 Å². The van der Waals surface area contributed by atoms with E-state index in [0.717, 1.165) is 10.5 Å². The van der Waals surface area contributed by atoms with Gasteiger partial charge in [0.25, 0.3) is 0 Å². The largest absolute Gasteiger partial charge is 0.497 e. The number of aliphatic carboxylic acids is 1. The number of hydrogen-bond acceptors (Lipinski definition) is 5. The molecule has 1 fully saturated rings. The monoisotopic (exact) mass is 462 g/mol. The molecule has 0 spiro atoms. The SMILES string of the molecule is COc1ccc(Cl)c(-c2cc(Cl)ncc2S(=O)(=O)N2CCC(F)(C(=O)O)CC2)c1. The number of sulfonamides is 1. The van der Waals surface area contributed by atoms with Gasteiger partial charge in [-0.2, -0.15) is 4.31 Å². The molecule has 1 aromatic heterocycles. The minimum Gasteiger partial charge on any atom is -0.497 e. The molecule has 29 heavy (non-hydrogen) atoms. The second-order valence-electron chi connectivity index (χ2n) is 6.52. The number of halogens is 3. The average Bonchev–Trinajstić information content (AvgIpc) is 2.68. The van der Waals surface area contributed by atoms with Crippen LogP contribution in [-0.2, 0) is 14.8 Å². The molecule has 1 aliphatic rings. The van der Waals surface area contributed by atoms with E-state index in [1.165, 1.54) is 13.2 Å². The van der Waals surface area contributed by atoms with Gasteiger partial charge in [-0.15, -0.1) is 0 Å². The van der Waals surface area contributed by atoms with Crippen LogP contribution < -0.4 is 4.74 Å². The van der Waals surface area contributed by atoms with Crippen LogP contribution in [0.25, 0.3) is 11.1 Å². The second kappa shape index (κ2) is 8.06. The number of alkyl halides is 1. The fraction of sp³-hybridized carbons (Fsp3) is 0.333. The van der Waals surface area contributed by atoms with Gasteiger partial charge in [-0.1, -0.05) is 23.2 Å². The molecule has 2 aromatic rings. The van der Waals surface area contributed by atoms with Crippen molar-refractivity contribution in [3.63, 3.8) is 0 Å². The number of methoxy groups -OCH3 is 1. The molecule has 1 saturated heterocycles. The van der Waals surface area contributed by atoms with Crippen LogP contribution in [0.2, 0.25) is 10.2 Å². The predicted molar refractivity (Wildman–Crippen MR) is 106 cm³/mol. The molecule has 0 saturated carbocycles. The number of carbonyl (C=O) groups is 1. The zero-order valence-electron chi connectivity index (χ0n) is 15.2. The molecule has 0 amide bonds. The van der Waals surface area contributed by atoms with E-state index in [-0.39, 0.29) is 33.7 Å². The molecule has 1 N–H and O–H groups in total. The topological polar surface area (TPSA) is 96.8 Å². The summed E-state index contributed by atoms with van der Waals surface area (Å²) in [6.45, 7) is -0.557. The number of benzene rings is 1. The van der Waals surface area contributed by atoms with Gasteiger partial charge in [-0.05, 0) is 24.3 Å². The third-order valence-electron chi connectivity index (χ3n) is 4.81. The van der Waals surface area contributed by atoms with Crippen LogP contribution in [0.1, 0.15) is 12.8 Å². The molecule has 0 aliphatic carbocycles. The van der Waals surface area contributed by atoms with Gasteiger partial charge in [-0.25, -0.2) is 22.6 Å². The molecule has 3 rings (SSSR count). The van der Waals surface area contributed by atoms with Crippen molar-refractivity contribution in [2.24, 2.45) is 0 Å². The van der Waals surface area contributed by atoms with Crippen molar-refractivity contribution in [3.05, 3.63) is 40.6 Å². The van der Waals surface area contributed by atoms with Gasteiger partial charge in [0.1, 0.15) is 15.8 Å². The Morgan fingerprint density at radius 2 is 1.90 bits per heavy atom. The Kier molecular flexibility index (Phi) is 6.05. The number of aromatic nitrogens is 1. The quantitative estimate of drug-likeness (QED) is 0.681. The fourth-order valence-corrected chi connectivity index (χ4v) is 5.06. The van der Waals surface area contributed by atoms with E-state index < -0.39 is 34.5 Å². The number of nitrogens with zero attached hydrogens (tertiary/aromatic N) is 2. The lowest BCUT2D eigenvalue weighted by molar-refractivity contribution is -0.153. The third-order valence-corrected chi connectivity index (χ3v) is 7.28. The Labute approximate surface area is 177 Å². The predicted octanol–water partition coefficient (Wildman–Crippen LogP) is 3.64. The molecule has 156 valence electrons. The molecular weight excluding hydrogens is 446 g/mol. The van der Waals surface area contributed by atoms with E-state index in [2.05, 4.69) is 4.98 Å². The van der Waals surface area contributed by atoms with Crippen LogP contribution >= 0.6 is 23.2 Å². The summed E-state index contributed by atoms with van der Waals surface area (Å²) < 4.78 is 47.0. The highest BCUT2D eigenvalue weighted by Gasteiger charge is 2.44. The third kappa shape index (κ3) is 4.18. The normalized spacial score (nSPS) is 17.1. The maximum Gasteiger partial charge on any atom is 0.341 e. The highest BCUT2D eigenvalue weighted by Crippen LogP contribution is 2.38. The lowest BCUT2D eigenvalue weighted by Crippen LogP contribution is -2.48. The van der Waals surface area contributed by atoms with E-state index in [0.29, 0.717) is 11.3 Å². The smallest absolute Gasteiger partial charge is 0.341 e. The number of hydrogen-bond donors (Lipinski definition) is 1. The Balaban J connectivity index is 2.05. The van der Waals surface area contributed by atoms with Gasteiger partial charge >= 0.3 is 5.97 Å². The van der Waals surface area contributed by atoms with Gasteiger partial charge in [0, 0.05) is 48.3 Å². The van der Waals surface area contributed by atoms with Crippen LogP contribution in [0.15, 0.2) is 35.4 Å². The summed E-state index contributed by atoms with van der Waals surface area (Å²) in [4.78, 5) is 14.8. The molecule has 0 atom stereocenters. The van der Waals surface area contributed by atoms with E-state index >= 15 is 0 Å². The first-order chi connectivity index (χ1) is 13.6. The summed E-state index contributed by atoms with van der Waals surface area (Å²) in [6, 6.07) is 6.13. The summed E-state index contributed by atoms with van der Waals surface area (Å²) in [5, 5.41) is 9.35. The summed E-state index contributed by atoms with van der Waals surface area (Å²) in [7, 11) is -2.65. The first-order valence-corrected chi connectivity index (χ1v) is 10.7. The number of carboxylic acid groups (broad SMARTS) is 1. The van der Waals surface area contributed by atoms with Gasteiger partial charge in [0.2, 0.25) is 15.7 Å². The molecular formula is C18H17Cl2FN2O5S. The summed E-state index contributed by atoms with van der Waals surface area (Å²) in [5.74, 6) is -1.13. The van der Waals surface area contributed by atoms with Crippen LogP contribution in [0.4, 0.5) is 4.39 Å². The molecule has 1 aromatic carbocycles. The van der Waals surface area contributed by atoms with Gasteiger partial charge < -0.3 is 9.84 Å². The van der Waals surface area contributed by atoms with Gasteiger partial charge in [0.15, 0.2) is 0 Å². The van der Waals surface area contributed by atoms with Crippen molar-refractivity contribution in [3.8, 4) is 16.9 Å². The lowest BCUT2D eigenvalue weighted by Gasteiger charge is -2.33. The Morgan fingerprint density at radius 3 is 2.48 bits per heavy atom. The first kappa shape index (κ1) is 21.8. The maximum absolute atomic E-state index is 14.3. The van der Waals surface area contributed by atoms with Crippen molar-refractivity contribution >= 4 is 39.2 Å². The number of pyridine rings is 1. The van der Waals surface area contributed by atoms with Crippen molar-refractivity contribution in [1.29, 1.82) is 0 Å². The molecule has 7 nitrogen and oxygen atoms in total. The second-order valence-corrected chi connectivity index (χ2v) is 9.22. The van der Waals surface area contributed by atoms with Crippen LogP contribution in [0, 0.1) is 0 Å². The zero-order chi connectivity index (χ0) is 21.4. The molecule has 2 heterocycles.